The topological polar surface area (TPSA) is 148 Å². The molecule has 0 aliphatic carbocycles. The van der Waals surface area contributed by atoms with Gasteiger partial charge in [0.1, 0.15) is 42.4 Å². The highest BCUT2D eigenvalue weighted by molar-refractivity contribution is 5.75. The molecule has 0 amide bonds. The van der Waals surface area contributed by atoms with E-state index in [1.54, 1.807) is 46.8 Å². The van der Waals surface area contributed by atoms with Gasteiger partial charge in [0.15, 0.2) is 12.6 Å². The van der Waals surface area contributed by atoms with E-state index in [1.165, 1.54) is 10.8 Å². The third-order valence-corrected chi connectivity index (χ3v) is 5.39. The summed E-state index contributed by atoms with van der Waals surface area (Å²) in [7, 11) is 0. The number of hydrogen-bond acceptors (Lipinski definition) is 10. The lowest BCUT2D eigenvalue weighted by Gasteiger charge is -2.28. The first kappa shape index (κ1) is 23.9. The lowest BCUT2D eigenvalue weighted by Crippen LogP contribution is -2.42. The van der Waals surface area contributed by atoms with Crippen LogP contribution in [-0.2, 0) is 34.1 Å². The van der Waals surface area contributed by atoms with Crippen LogP contribution in [0.1, 0.15) is 46.7 Å². The number of hydrogen-bond donors (Lipinski definition) is 2. The molecule has 11 heteroatoms. The Morgan fingerprint density at radius 1 is 1.31 bits per heavy atom. The molecule has 2 aromatic heterocycles. The number of nitrogens with zero attached hydrogens (tertiary/aromatic N) is 3. The number of carbonyl (C=O) groups is 2. The second-order valence-electron chi connectivity index (χ2n) is 8.84. The number of fused-ring (bicyclic) bond motifs is 1. The summed E-state index contributed by atoms with van der Waals surface area (Å²) in [6.45, 7) is 7.98. The summed E-state index contributed by atoms with van der Waals surface area (Å²) in [6.07, 6.45) is -1.46. The standard InChI is InChI=1S/C21H30N4O7/c1-6-15(26)29-9-13-16(30-11-31-19(28)20(2,3)4)17(27)21(5,32-13)14-8-7-12-18(22)23-10-24-25(12)14/h7-8,10,13,16-17,27H,6,9,11H2,1-5H3,(H2,22,23,24)/t13-,16-,17-,21+/m1/s1. The molecule has 3 rings (SSSR count). The van der Waals surface area contributed by atoms with Gasteiger partial charge >= 0.3 is 11.9 Å². The van der Waals surface area contributed by atoms with Crippen LogP contribution in [0.25, 0.3) is 5.52 Å². The molecular formula is C21H30N4O7. The van der Waals surface area contributed by atoms with Crippen molar-refractivity contribution in [2.24, 2.45) is 5.41 Å². The fourth-order valence-corrected chi connectivity index (χ4v) is 3.50. The maximum atomic E-state index is 12.1. The molecule has 1 fully saturated rings. The summed E-state index contributed by atoms with van der Waals surface area (Å²) >= 11 is 0. The van der Waals surface area contributed by atoms with E-state index in [-0.39, 0.29) is 25.6 Å². The summed E-state index contributed by atoms with van der Waals surface area (Å²) in [5.41, 5.74) is 5.00. The van der Waals surface area contributed by atoms with Gasteiger partial charge in [0, 0.05) is 6.42 Å². The van der Waals surface area contributed by atoms with Gasteiger partial charge in [-0.25, -0.2) is 9.50 Å². The molecule has 32 heavy (non-hydrogen) atoms. The monoisotopic (exact) mass is 450 g/mol. The molecule has 0 radical (unpaired) electrons. The minimum atomic E-state index is -1.28. The summed E-state index contributed by atoms with van der Waals surface area (Å²) in [5.74, 6) is -0.590. The number of esters is 2. The van der Waals surface area contributed by atoms with E-state index >= 15 is 0 Å². The van der Waals surface area contributed by atoms with Crippen molar-refractivity contribution in [1.29, 1.82) is 0 Å². The Morgan fingerprint density at radius 3 is 2.69 bits per heavy atom. The lowest BCUT2D eigenvalue weighted by molar-refractivity contribution is -0.178. The van der Waals surface area contributed by atoms with E-state index in [2.05, 4.69) is 10.1 Å². The molecular weight excluding hydrogens is 420 g/mol. The highest BCUT2D eigenvalue weighted by atomic mass is 16.7. The third-order valence-electron chi connectivity index (χ3n) is 5.39. The maximum Gasteiger partial charge on any atom is 0.313 e. The minimum Gasteiger partial charge on any atom is -0.463 e. The van der Waals surface area contributed by atoms with Crippen molar-refractivity contribution in [3.05, 3.63) is 24.2 Å². The first-order valence-electron chi connectivity index (χ1n) is 10.4. The molecule has 1 aliphatic heterocycles. The summed E-state index contributed by atoms with van der Waals surface area (Å²) in [6, 6.07) is 3.44. The van der Waals surface area contributed by atoms with Crippen molar-refractivity contribution < 1.29 is 33.6 Å². The number of nitrogen functional groups attached to an aromatic ring is 1. The van der Waals surface area contributed by atoms with Crippen LogP contribution in [-0.4, -0.2) is 63.4 Å². The zero-order valence-corrected chi connectivity index (χ0v) is 18.9. The molecule has 0 spiro atoms. The normalized spacial score (nSPS) is 25.8. The molecule has 4 atom stereocenters. The zero-order chi connectivity index (χ0) is 23.7. The Labute approximate surface area is 185 Å². The quantitative estimate of drug-likeness (QED) is 0.465. The number of aliphatic hydroxyl groups excluding tert-OH is 1. The Hall–Kier alpha value is -2.76. The lowest BCUT2D eigenvalue weighted by atomic mass is 9.93. The van der Waals surface area contributed by atoms with Gasteiger partial charge in [0.05, 0.1) is 11.1 Å². The predicted molar refractivity (Wildman–Crippen MR) is 112 cm³/mol. The van der Waals surface area contributed by atoms with Crippen LogP contribution in [0, 0.1) is 5.41 Å². The molecule has 0 saturated carbocycles. The summed E-state index contributed by atoms with van der Waals surface area (Å²) in [5, 5.41) is 15.4. The molecule has 0 unspecified atom stereocenters. The largest absolute Gasteiger partial charge is 0.463 e. The van der Waals surface area contributed by atoms with Gasteiger partial charge in [-0.15, -0.1) is 0 Å². The zero-order valence-electron chi connectivity index (χ0n) is 18.9. The van der Waals surface area contributed by atoms with Gasteiger partial charge in [-0.3, -0.25) is 9.59 Å². The van der Waals surface area contributed by atoms with Crippen molar-refractivity contribution in [2.45, 2.75) is 65.0 Å². The van der Waals surface area contributed by atoms with Gasteiger partial charge in [-0.1, -0.05) is 6.92 Å². The van der Waals surface area contributed by atoms with E-state index in [4.69, 9.17) is 24.7 Å². The highest BCUT2D eigenvalue weighted by Gasteiger charge is 2.55. The molecule has 11 nitrogen and oxygen atoms in total. The first-order valence-corrected chi connectivity index (χ1v) is 10.4. The number of carbonyl (C=O) groups excluding carboxylic acids is 2. The number of anilines is 1. The predicted octanol–water partition coefficient (Wildman–Crippen LogP) is 1.17. The average molecular weight is 450 g/mol. The van der Waals surface area contributed by atoms with Crippen LogP contribution < -0.4 is 5.73 Å². The second-order valence-corrected chi connectivity index (χ2v) is 8.84. The van der Waals surface area contributed by atoms with Crippen molar-refractivity contribution in [2.75, 3.05) is 19.1 Å². The van der Waals surface area contributed by atoms with Gasteiger partial charge in [-0.2, -0.15) is 5.10 Å². The van der Waals surface area contributed by atoms with E-state index in [0.29, 0.717) is 11.2 Å². The van der Waals surface area contributed by atoms with Crippen molar-refractivity contribution in [1.82, 2.24) is 14.6 Å². The fraction of sp³-hybridized carbons (Fsp3) is 0.619. The number of nitrogens with two attached hydrogens (primary N) is 1. The number of aliphatic hydroxyl groups is 1. The van der Waals surface area contributed by atoms with Gasteiger partial charge < -0.3 is 29.8 Å². The van der Waals surface area contributed by atoms with Crippen molar-refractivity contribution in [3.8, 4) is 0 Å². The molecule has 176 valence electrons. The van der Waals surface area contributed by atoms with E-state index < -0.39 is 41.3 Å². The van der Waals surface area contributed by atoms with Crippen LogP contribution >= 0.6 is 0 Å². The van der Waals surface area contributed by atoms with Gasteiger partial charge in [-0.05, 0) is 39.8 Å². The molecule has 3 heterocycles. The number of aromatic nitrogens is 3. The molecule has 3 N–H and O–H groups in total. The smallest absolute Gasteiger partial charge is 0.313 e. The minimum absolute atomic E-state index is 0.141. The van der Waals surface area contributed by atoms with E-state index in [0.717, 1.165) is 0 Å². The Bertz CT molecular complexity index is 986. The van der Waals surface area contributed by atoms with Crippen LogP contribution in [0.5, 0.6) is 0 Å². The van der Waals surface area contributed by atoms with Crippen LogP contribution in [0.4, 0.5) is 5.82 Å². The Morgan fingerprint density at radius 2 is 2.03 bits per heavy atom. The molecule has 1 aliphatic rings. The molecule has 2 aromatic rings. The van der Waals surface area contributed by atoms with Crippen molar-refractivity contribution >= 4 is 23.3 Å². The SMILES string of the molecule is CCC(=O)OC[C@H]1O[C@@](C)(c2ccc3c(N)ncnn23)[C@H](O)[C@@H]1OCOC(=O)C(C)(C)C. The van der Waals surface area contributed by atoms with E-state index in [9.17, 15) is 14.7 Å². The number of ether oxygens (including phenoxy) is 4. The van der Waals surface area contributed by atoms with Crippen LogP contribution in [0.15, 0.2) is 18.5 Å². The highest BCUT2D eigenvalue weighted by Crippen LogP contribution is 2.41. The first-order chi connectivity index (χ1) is 15.0. The Kier molecular flexibility index (Phi) is 6.72. The van der Waals surface area contributed by atoms with E-state index in [1.807, 2.05) is 0 Å². The third kappa shape index (κ3) is 4.54. The van der Waals surface area contributed by atoms with Crippen LogP contribution in [0.3, 0.4) is 0 Å². The second kappa shape index (κ2) is 9.00. The number of rotatable bonds is 7. The average Bonchev–Trinajstić information content (AvgIpc) is 3.27. The fourth-order valence-electron chi connectivity index (χ4n) is 3.50. The van der Waals surface area contributed by atoms with Gasteiger partial charge in [0.25, 0.3) is 0 Å². The maximum absolute atomic E-state index is 12.1. The summed E-state index contributed by atoms with van der Waals surface area (Å²) < 4.78 is 23.8. The van der Waals surface area contributed by atoms with Crippen LogP contribution in [0.2, 0.25) is 0 Å². The van der Waals surface area contributed by atoms with Gasteiger partial charge in [0.2, 0.25) is 0 Å². The Balaban J connectivity index is 1.85. The summed E-state index contributed by atoms with van der Waals surface area (Å²) in [4.78, 5) is 27.7. The molecule has 0 aromatic carbocycles. The molecule has 1 saturated heterocycles. The van der Waals surface area contributed by atoms with Crippen molar-refractivity contribution in [3.63, 3.8) is 0 Å². The molecule has 0 bridgehead atoms.